The summed E-state index contributed by atoms with van der Waals surface area (Å²) in [6.45, 7) is 0. The van der Waals surface area contributed by atoms with E-state index in [0.29, 0.717) is 0 Å². The molecular formula is C18H17N3OS. The number of amides is 1. The Kier molecular flexibility index (Phi) is 4.57. The number of hydrogen-bond donors (Lipinski definition) is 0. The van der Waals surface area contributed by atoms with Gasteiger partial charge in [0.2, 0.25) is 5.91 Å². The molecule has 0 spiro atoms. The molecule has 0 saturated carbocycles. The Labute approximate surface area is 139 Å². The molecule has 1 aromatic heterocycles. The Balaban J connectivity index is 2.02. The van der Waals surface area contributed by atoms with E-state index >= 15 is 0 Å². The molecule has 0 aliphatic carbocycles. The van der Waals surface area contributed by atoms with Gasteiger partial charge in [0.05, 0.1) is 5.52 Å². The highest BCUT2D eigenvalue weighted by Gasteiger charge is 2.24. The van der Waals surface area contributed by atoms with Crippen LogP contribution in [0.3, 0.4) is 0 Å². The Bertz CT molecular complexity index is 815. The maximum absolute atomic E-state index is 12.6. The molecule has 23 heavy (non-hydrogen) atoms. The summed E-state index contributed by atoms with van der Waals surface area (Å²) < 4.78 is 0. The first-order valence-corrected chi connectivity index (χ1v) is 8.17. The van der Waals surface area contributed by atoms with Crippen molar-refractivity contribution in [3.8, 4) is 0 Å². The fraction of sp³-hybridized carbons (Fsp3) is 0.167. The van der Waals surface area contributed by atoms with E-state index in [2.05, 4.69) is 9.97 Å². The highest BCUT2D eigenvalue weighted by atomic mass is 32.2. The molecule has 2 aromatic carbocycles. The Morgan fingerprint density at radius 2 is 1.70 bits per heavy atom. The van der Waals surface area contributed by atoms with Gasteiger partial charge in [-0.05, 0) is 11.6 Å². The summed E-state index contributed by atoms with van der Waals surface area (Å²) in [7, 11) is 3.55. The van der Waals surface area contributed by atoms with Crippen LogP contribution < -0.4 is 0 Å². The topological polar surface area (TPSA) is 46.1 Å². The maximum Gasteiger partial charge on any atom is 0.240 e. The van der Waals surface area contributed by atoms with Gasteiger partial charge in [-0.25, -0.2) is 9.97 Å². The van der Waals surface area contributed by atoms with E-state index in [1.807, 2.05) is 54.6 Å². The van der Waals surface area contributed by atoms with Gasteiger partial charge < -0.3 is 4.90 Å². The van der Waals surface area contributed by atoms with Crippen molar-refractivity contribution < 1.29 is 4.79 Å². The largest absolute Gasteiger partial charge is 0.348 e. The summed E-state index contributed by atoms with van der Waals surface area (Å²) in [5.41, 5.74) is 1.85. The number of hydrogen-bond acceptors (Lipinski definition) is 4. The number of carbonyl (C=O) groups excluding carboxylic acids is 1. The molecule has 0 radical (unpaired) electrons. The second-order valence-corrected chi connectivity index (χ2v) is 6.43. The zero-order valence-electron chi connectivity index (χ0n) is 13.0. The monoisotopic (exact) mass is 323 g/mol. The second-order valence-electron chi connectivity index (χ2n) is 5.34. The molecule has 1 heterocycles. The van der Waals surface area contributed by atoms with Crippen molar-refractivity contribution >= 4 is 28.6 Å². The lowest BCUT2D eigenvalue weighted by molar-refractivity contribution is -0.128. The quantitative estimate of drug-likeness (QED) is 0.544. The smallest absolute Gasteiger partial charge is 0.240 e. The highest BCUT2D eigenvalue weighted by Crippen LogP contribution is 2.37. The minimum absolute atomic E-state index is 0.0453. The van der Waals surface area contributed by atoms with E-state index in [4.69, 9.17) is 0 Å². The number of likely N-dealkylation sites (N-methyl/N-ethyl adjacent to an activating group) is 1. The van der Waals surface area contributed by atoms with Crippen LogP contribution in [0.2, 0.25) is 0 Å². The van der Waals surface area contributed by atoms with Crippen molar-refractivity contribution in [1.29, 1.82) is 0 Å². The van der Waals surface area contributed by atoms with Gasteiger partial charge >= 0.3 is 0 Å². The number of thioether (sulfide) groups is 1. The van der Waals surface area contributed by atoms with Crippen LogP contribution in [0.25, 0.3) is 10.9 Å². The minimum Gasteiger partial charge on any atom is -0.348 e. The van der Waals surface area contributed by atoms with Crippen molar-refractivity contribution in [2.45, 2.75) is 10.3 Å². The average Bonchev–Trinajstić information content (AvgIpc) is 2.60. The normalized spacial score (nSPS) is 12.1. The molecule has 0 bridgehead atoms. The molecule has 0 unspecified atom stereocenters. The number of aromatic nitrogens is 2. The maximum atomic E-state index is 12.6. The SMILES string of the molecule is CN(C)C(=O)[C@H](Sc1ncnc2ccccc12)c1ccccc1. The number of fused-ring (bicyclic) bond motifs is 1. The van der Waals surface area contributed by atoms with Crippen LogP contribution in [-0.4, -0.2) is 34.9 Å². The second kappa shape index (κ2) is 6.79. The van der Waals surface area contributed by atoms with E-state index in [-0.39, 0.29) is 11.2 Å². The fourth-order valence-electron chi connectivity index (χ4n) is 2.31. The molecule has 3 rings (SSSR count). The summed E-state index contributed by atoms with van der Waals surface area (Å²) in [4.78, 5) is 22.9. The summed E-state index contributed by atoms with van der Waals surface area (Å²) in [6, 6.07) is 17.6. The van der Waals surface area contributed by atoms with E-state index in [0.717, 1.165) is 21.5 Å². The molecule has 3 aromatic rings. The molecule has 0 fully saturated rings. The third kappa shape index (κ3) is 3.35. The van der Waals surface area contributed by atoms with E-state index in [1.54, 1.807) is 25.3 Å². The first-order chi connectivity index (χ1) is 11.2. The van der Waals surface area contributed by atoms with Crippen LogP contribution in [0.4, 0.5) is 0 Å². The van der Waals surface area contributed by atoms with Gasteiger partial charge in [-0.15, -0.1) is 0 Å². The van der Waals surface area contributed by atoms with Crippen molar-refractivity contribution in [2.24, 2.45) is 0 Å². The highest BCUT2D eigenvalue weighted by molar-refractivity contribution is 8.00. The van der Waals surface area contributed by atoms with Gasteiger partial charge in [-0.3, -0.25) is 4.79 Å². The molecule has 0 saturated heterocycles. The number of carbonyl (C=O) groups is 1. The summed E-state index contributed by atoms with van der Waals surface area (Å²) in [5, 5.41) is 1.46. The van der Waals surface area contributed by atoms with Gasteiger partial charge in [0.25, 0.3) is 0 Å². The summed E-state index contributed by atoms with van der Waals surface area (Å²) in [5.74, 6) is 0.0453. The number of para-hydroxylation sites is 1. The molecule has 5 heteroatoms. The third-order valence-corrected chi connectivity index (χ3v) is 4.76. The average molecular weight is 323 g/mol. The fourth-order valence-corrected chi connectivity index (χ4v) is 3.54. The number of rotatable bonds is 4. The Morgan fingerprint density at radius 1 is 1.00 bits per heavy atom. The van der Waals surface area contributed by atoms with Crippen molar-refractivity contribution in [3.63, 3.8) is 0 Å². The van der Waals surface area contributed by atoms with E-state index in [1.165, 1.54) is 11.8 Å². The molecule has 0 aliphatic heterocycles. The lowest BCUT2D eigenvalue weighted by atomic mass is 10.1. The van der Waals surface area contributed by atoms with Crippen molar-refractivity contribution in [1.82, 2.24) is 14.9 Å². The van der Waals surface area contributed by atoms with E-state index in [9.17, 15) is 4.79 Å². The van der Waals surface area contributed by atoms with Crippen LogP contribution in [0.5, 0.6) is 0 Å². The first-order valence-electron chi connectivity index (χ1n) is 7.29. The molecule has 1 amide bonds. The van der Waals surface area contributed by atoms with Gasteiger partial charge in [-0.2, -0.15) is 0 Å². The van der Waals surface area contributed by atoms with Crippen LogP contribution in [0.1, 0.15) is 10.8 Å². The zero-order valence-corrected chi connectivity index (χ0v) is 13.8. The standard InChI is InChI=1S/C18H17N3OS/c1-21(2)18(22)16(13-8-4-3-5-9-13)23-17-14-10-6-7-11-15(14)19-12-20-17/h3-12,16H,1-2H3/t16-/m1/s1. The first kappa shape index (κ1) is 15.5. The van der Waals surface area contributed by atoms with Gasteiger partial charge in [0.15, 0.2) is 0 Å². The molecule has 0 N–H and O–H groups in total. The Morgan fingerprint density at radius 3 is 2.43 bits per heavy atom. The van der Waals surface area contributed by atoms with Crippen LogP contribution >= 0.6 is 11.8 Å². The van der Waals surface area contributed by atoms with Crippen molar-refractivity contribution in [2.75, 3.05) is 14.1 Å². The van der Waals surface area contributed by atoms with Gasteiger partial charge in [0.1, 0.15) is 16.6 Å². The van der Waals surface area contributed by atoms with Gasteiger partial charge in [-0.1, -0.05) is 60.3 Å². The van der Waals surface area contributed by atoms with Crippen molar-refractivity contribution in [3.05, 3.63) is 66.5 Å². The minimum atomic E-state index is -0.329. The lowest BCUT2D eigenvalue weighted by Gasteiger charge is -2.20. The van der Waals surface area contributed by atoms with Crippen LogP contribution in [0, 0.1) is 0 Å². The number of benzene rings is 2. The van der Waals surface area contributed by atoms with Crippen LogP contribution in [0.15, 0.2) is 66.0 Å². The van der Waals surface area contributed by atoms with Gasteiger partial charge in [0, 0.05) is 19.5 Å². The predicted octanol–water partition coefficient (Wildman–Crippen LogP) is 3.55. The molecular weight excluding hydrogens is 306 g/mol. The molecule has 116 valence electrons. The molecule has 0 aliphatic rings. The van der Waals surface area contributed by atoms with Crippen LogP contribution in [-0.2, 0) is 4.79 Å². The lowest BCUT2D eigenvalue weighted by Crippen LogP contribution is -2.26. The van der Waals surface area contributed by atoms with E-state index < -0.39 is 0 Å². The summed E-state index contributed by atoms with van der Waals surface area (Å²) >= 11 is 1.47. The Hall–Kier alpha value is -2.40. The number of nitrogens with zero attached hydrogens (tertiary/aromatic N) is 3. The molecule has 4 nitrogen and oxygen atoms in total. The molecule has 1 atom stereocenters. The third-order valence-electron chi connectivity index (χ3n) is 3.50. The zero-order chi connectivity index (χ0) is 16.2. The predicted molar refractivity (Wildman–Crippen MR) is 93.3 cm³/mol. The summed E-state index contributed by atoms with van der Waals surface area (Å²) in [6.07, 6.45) is 1.55.